The molecule has 0 fully saturated rings. The summed E-state index contributed by atoms with van der Waals surface area (Å²) < 4.78 is 0. The summed E-state index contributed by atoms with van der Waals surface area (Å²) in [7, 11) is 0. The number of hydrogen-bond acceptors (Lipinski definition) is 6. The average Bonchev–Trinajstić information content (AvgIpc) is 3.13. The SMILES string of the molecule is Cc1ccc(NC(=O)CSC2=NNC3C(=O)N(c4ccccc4)C=CN23)c(C)c1. The van der Waals surface area contributed by atoms with E-state index in [0.717, 1.165) is 22.5 Å². The van der Waals surface area contributed by atoms with Gasteiger partial charge in [-0.3, -0.25) is 24.8 Å². The Balaban J connectivity index is 1.37. The molecule has 0 aromatic heterocycles. The van der Waals surface area contributed by atoms with Gasteiger partial charge < -0.3 is 5.32 Å². The molecular weight excluding hydrogens is 386 g/mol. The minimum Gasteiger partial charge on any atom is -0.325 e. The summed E-state index contributed by atoms with van der Waals surface area (Å²) in [5.41, 5.74) is 6.64. The second-order valence-electron chi connectivity index (χ2n) is 6.83. The van der Waals surface area contributed by atoms with Crippen LogP contribution in [0.25, 0.3) is 0 Å². The number of para-hydroxylation sites is 1. The Kier molecular flexibility index (Phi) is 5.26. The number of amidine groups is 1. The van der Waals surface area contributed by atoms with Crippen molar-refractivity contribution >= 4 is 40.1 Å². The van der Waals surface area contributed by atoms with E-state index >= 15 is 0 Å². The highest BCUT2D eigenvalue weighted by molar-refractivity contribution is 8.14. The van der Waals surface area contributed by atoms with E-state index in [4.69, 9.17) is 0 Å². The summed E-state index contributed by atoms with van der Waals surface area (Å²) in [6.07, 6.45) is 2.91. The standard InChI is InChI=1S/C21H21N5O2S/c1-14-8-9-17(15(2)12-14)22-18(27)13-29-21-24-23-19-20(28)25(10-11-26(19)21)16-6-4-3-5-7-16/h3-12,19,23H,13H2,1-2H3,(H,22,27). The number of carbonyl (C=O) groups is 2. The number of carbonyl (C=O) groups excluding carboxylic acids is 2. The van der Waals surface area contributed by atoms with Crippen LogP contribution < -0.4 is 15.6 Å². The predicted molar refractivity (Wildman–Crippen MR) is 116 cm³/mol. The van der Waals surface area contributed by atoms with Crippen LogP contribution in [0, 0.1) is 13.8 Å². The first-order valence-corrected chi connectivity index (χ1v) is 10.2. The van der Waals surface area contributed by atoms with E-state index in [1.807, 2.05) is 62.4 Å². The number of nitrogens with zero attached hydrogens (tertiary/aromatic N) is 3. The summed E-state index contributed by atoms with van der Waals surface area (Å²) in [6, 6.07) is 15.3. The van der Waals surface area contributed by atoms with E-state index in [0.29, 0.717) is 5.17 Å². The zero-order chi connectivity index (χ0) is 20.4. The second kappa shape index (κ2) is 8.00. The number of anilines is 2. The van der Waals surface area contributed by atoms with Gasteiger partial charge >= 0.3 is 0 Å². The van der Waals surface area contributed by atoms with Gasteiger partial charge in [0.15, 0.2) is 5.17 Å². The largest absolute Gasteiger partial charge is 0.325 e. The summed E-state index contributed by atoms with van der Waals surface area (Å²) in [5.74, 6) is -0.0503. The van der Waals surface area contributed by atoms with Crippen LogP contribution in [0.2, 0.25) is 0 Å². The molecule has 2 aliphatic rings. The van der Waals surface area contributed by atoms with Crippen molar-refractivity contribution in [3.8, 4) is 0 Å². The molecule has 0 bridgehead atoms. The molecule has 2 N–H and O–H groups in total. The molecule has 2 aromatic carbocycles. The molecule has 1 atom stereocenters. The maximum absolute atomic E-state index is 12.8. The van der Waals surface area contributed by atoms with Gasteiger partial charge in [0, 0.05) is 23.8 Å². The van der Waals surface area contributed by atoms with Gasteiger partial charge in [-0.2, -0.15) is 5.10 Å². The van der Waals surface area contributed by atoms with Gasteiger partial charge in [0.05, 0.1) is 5.75 Å². The van der Waals surface area contributed by atoms with Gasteiger partial charge in [-0.15, -0.1) is 0 Å². The first kappa shape index (κ1) is 19.1. The Morgan fingerprint density at radius 1 is 1.17 bits per heavy atom. The van der Waals surface area contributed by atoms with Crippen LogP contribution in [-0.4, -0.2) is 33.8 Å². The predicted octanol–water partition coefficient (Wildman–Crippen LogP) is 3.00. The van der Waals surface area contributed by atoms with Crippen molar-refractivity contribution in [3.63, 3.8) is 0 Å². The van der Waals surface area contributed by atoms with Gasteiger partial charge in [-0.1, -0.05) is 47.7 Å². The molecule has 4 rings (SSSR count). The number of amides is 2. The highest BCUT2D eigenvalue weighted by Gasteiger charge is 2.38. The van der Waals surface area contributed by atoms with Gasteiger partial charge in [0.25, 0.3) is 5.91 Å². The molecule has 0 saturated carbocycles. The molecule has 0 saturated heterocycles. The smallest absolute Gasteiger partial charge is 0.276 e. The zero-order valence-electron chi connectivity index (χ0n) is 16.1. The van der Waals surface area contributed by atoms with Crippen LogP contribution in [-0.2, 0) is 9.59 Å². The van der Waals surface area contributed by atoms with Crippen molar-refractivity contribution in [3.05, 3.63) is 72.1 Å². The Morgan fingerprint density at radius 2 is 1.97 bits per heavy atom. The molecule has 0 spiro atoms. The maximum atomic E-state index is 12.8. The first-order valence-electron chi connectivity index (χ1n) is 9.21. The summed E-state index contributed by atoms with van der Waals surface area (Å²) in [6.45, 7) is 3.98. The van der Waals surface area contributed by atoms with Gasteiger partial charge in [-0.05, 0) is 37.6 Å². The normalized spacial score (nSPS) is 17.7. The van der Waals surface area contributed by atoms with Crippen molar-refractivity contribution in [2.75, 3.05) is 16.0 Å². The fourth-order valence-electron chi connectivity index (χ4n) is 3.19. The molecular formula is C21H21N5O2S. The lowest BCUT2D eigenvalue weighted by molar-refractivity contribution is -0.122. The quantitative estimate of drug-likeness (QED) is 0.815. The minimum absolute atomic E-state index is 0.119. The molecule has 148 valence electrons. The summed E-state index contributed by atoms with van der Waals surface area (Å²) in [4.78, 5) is 28.5. The van der Waals surface area contributed by atoms with Crippen LogP contribution in [0.4, 0.5) is 11.4 Å². The number of fused-ring (bicyclic) bond motifs is 1. The lowest BCUT2D eigenvalue weighted by Gasteiger charge is -2.31. The lowest BCUT2D eigenvalue weighted by atomic mass is 10.1. The molecule has 8 heteroatoms. The van der Waals surface area contributed by atoms with Crippen molar-refractivity contribution < 1.29 is 9.59 Å². The molecule has 2 heterocycles. The zero-order valence-corrected chi connectivity index (χ0v) is 16.9. The van der Waals surface area contributed by atoms with E-state index in [9.17, 15) is 9.59 Å². The number of aryl methyl sites for hydroxylation is 2. The molecule has 0 radical (unpaired) electrons. The van der Waals surface area contributed by atoms with E-state index in [-0.39, 0.29) is 17.6 Å². The van der Waals surface area contributed by atoms with E-state index in [1.165, 1.54) is 11.8 Å². The van der Waals surface area contributed by atoms with Gasteiger partial charge in [-0.25, -0.2) is 0 Å². The molecule has 2 aromatic rings. The highest BCUT2D eigenvalue weighted by Crippen LogP contribution is 2.25. The number of hydrogen-bond donors (Lipinski definition) is 2. The summed E-state index contributed by atoms with van der Waals surface area (Å²) >= 11 is 1.28. The van der Waals surface area contributed by atoms with Crippen LogP contribution in [0.5, 0.6) is 0 Å². The number of rotatable bonds is 4. The van der Waals surface area contributed by atoms with Crippen molar-refractivity contribution in [2.24, 2.45) is 5.10 Å². The summed E-state index contributed by atoms with van der Waals surface area (Å²) in [5, 5.41) is 7.75. The Labute approximate surface area is 173 Å². The number of benzene rings is 2. The molecule has 1 unspecified atom stereocenters. The number of thioether (sulfide) groups is 1. The van der Waals surface area contributed by atoms with Gasteiger partial charge in [0.2, 0.25) is 12.1 Å². The average molecular weight is 407 g/mol. The number of nitrogens with one attached hydrogen (secondary N) is 2. The number of hydrazone groups is 1. The third-order valence-electron chi connectivity index (χ3n) is 4.65. The Bertz CT molecular complexity index is 1010. The first-order chi connectivity index (χ1) is 14.0. The third kappa shape index (κ3) is 3.97. The maximum Gasteiger partial charge on any atom is 0.276 e. The molecule has 7 nitrogen and oxygen atoms in total. The van der Waals surface area contributed by atoms with Crippen LogP contribution in [0.15, 0.2) is 66.0 Å². The molecule has 2 aliphatic heterocycles. The second-order valence-corrected chi connectivity index (χ2v) is 7.77. The van der Waals surface area contributed by atoms with E-state index in [2.05, 4.69) is 15.8 Å². The molecule has 29 heavy (non-hydrogen) atoms. The highest BCUT2D eigenvalue weighted by atomic mass is 32.2. The fraction of sp³-hybridized carbons (Fsp3) is 0.190. The van der Waals surface area contributed by atoms with E-state index < -0.39 is 6.17 Å². The van der Waals surface area contributed by atoms with Crippen molar-refractivity contribution in [2.45, 2.75) is 20.0 Å². The van der Waals surface area contributed by atoms with E-state index in [1.54, 1.807) is 22.2 Å². The minimum atomic E-state index is -0.606. The van der Waals surface area contributed by atoms with Crippen molar-refractivity contribution in [1.82, 2.24) is 10.3 Å². The fourth-order valence-corrected chi connectivity index (χ4v) is 3.96. The van der Waals surface area contributed by atoms with Crippen LogP contribution in [0.1, 0.15) is 11.1 Å². The monoisotopic (exact) mass is 407 g/mol. The Morgan fingerprint density at radius 3 is 2.72 bits per heavy atom. The van der Waals surface area contributed by atoms with Gasteiger partial charge in [0.1, 0.15) is 0 Å². The van der Waals surface area contributed by atoms with Crippen molar-refractivity contribution in [1.29, 1.82) is 0 Å². The molecule has 2 amide bonds. The van der Waals surface area contributed by atoms with Crippen LogP contribution >= 0.6 is 11.8 Å². The third-order valence-corrected chi connectivity index (χ3v) is 5.62. The van der Waals surface area contributed by atoms with Crippen LogP contribution in [0.3, 0.4) is 0 Å². The molecule has 0 aliphatic carbocycles. The topological polar surface area (TPSA) is 77.0 Å². The lowest BCUT2D eigenvalue weighted by Crippen LogP contribution is -2.52. The Hall–Kier alpha value is -3.26.